The van der Waals surface area contributed by atoms with Gasteiger partial charge >= 0.3 is 0 Å². The summed E-state index contributed by atoms with van der Waals surface area (Å²) in [6, 6.07) is 6.50. The Morgan fingerprint density at radius 2 is 2.09 bits per heavy atom. The van der Waals surface area contributed by atoms with Gasteiger partial charge in [0, 0.05) is 38.2 Å². The number of aromatic amines is 1. The van der Waals surface area contributed by atoms with Crippen molar-refractivity contribution in [2.45, 2.75) is 31.1 Å². The van der Waals surface area contributed by atoms with Crippen molar-refractivity contribution in [2.75, 3.05) is 25.9 Å². The number of H-pyrrole nitrogens is 1. The number of nitrogens with two attached hydrogens (primary N) is 1. The molecule has 3 aromatic heterocycles. The van der Waals surface area contributed by atoms with E-state index in [1.807, 2.05) is 23.9 Å². The van der Waals surface area contributed by atoms with E-state index in [-0.39, 0.29) is 17.7 Å². The summed E-state index contributed by atoms with van der Waals surface area (Å²) in [4.78, 5) is 21.8. The Labute approximate surface area is 189 Å². The number of hydrogen-bond donors (Lipinski definition) is 5. The molecular formula is C22H27N7O4. The van der Waals surface area contributed by atoms with Crippen LogP contribution in [0.2, 0.25) is 0 Å². The van der Waals surface area contributed by atoms with E-state index in [1.165, 1.54) is 6.33 Å². The number of fused-ring (bicyclic) bond motifs is 2. The largest absolute Gasteiger partial charge is 0.508 e. The van der Waals surface area contributed by atoms with E-state index in [9.17, 15) is 15.3 Å². The Hall–Kier alpha value is -3.25. The molecule has 4 atom stereocenters. The first kappa shape index (κ1) is 21.6. The number of hydroxylamine groups is 2. The molecule has 1 aliphatic carbocycles. The molecule has 11 heteroatoms. The van der Waals surface area contributed by atoms with Crippen LogP contribution in [0.4, 0.5) is 5.82 Å². The van der Waals surface area contributed by atoms with E-state index >= 15 is 0 Å². The van der Waals surface area contributed by atoms with E-state index in [4.69, 9.17) is 10.6 Å². The number of rotatable bonds is 7. The topological polar surface area (TPSA) is 159 Å². The van der Waals surface area contributed by atoms with Crippen LogP contribution in [0.25, 0.3) is 22.1 Å². The maximum atomic E-state index is 10.7. The zero-order chi connectivity index (χ0) is 23.1. The Kier molecular flexibility index (Phi) is 5.62. The number of nitrogen functional groups attached to an aromatic ring is 1. The first-order chi connectivity index (χ1) is 15.9. The van der Waals surface area contributed by atoms with Crippen molar-refractivity contribution in [3.63, 3.8) is 0 Å². The molecule has 0 saturated heterocycles. The quantitative estimate of drug-likeness (QED) is 0.257. The molecule has 0 spiro atoms. The molecule has 0 aliphatic heterocycles. The maximum Gasteiger partial charge on any atom is 0.145 e. The smallest absolute Gasteiger partial charge is 0.145 e. The standard InChI is InChI=1S/C22H27N7O4/c1-28(33-7-5-18-26-15-3-2-13(30)9-16(15)27-18)10-12-8-17(20(32)19(12)31)29-6-4-14-21(23)24-11-25-22(14)29/h2-4,6,9,11-12,17,19-20,30-32H,5,7-8,10H2,1H3,(H,26,27)(H2,23,24,25)/t12-,17-,19-,20+/m1/s1. The highest BCUT2D eigenvalue weighted by molar-refractivity contribution is 5.86. The number of hydrogen-bond acceptors (Lipinski definition) is 9. The highest BCUT2D eigenvalue weighted by atomic mass is 16.7. The van der Waals surface area contributed by atoms with E-state index < -0.39 is 12.2 Å². The lowest BCUT2D eigenvalue weighted by atomic mass is 10.1. The monoisotopic (exact) mass is 453 g/mol. The molecule has 1 aromatic carbocycles. The molecule has 0 radical (unpaired) electrons. The van der Waals surface area contributed by atoms with Crippen LogP contribution in [0.3, 0.4) is 0 Å². The van der Waals surface area contributed by atoms with E-state index in [2.05, 4.69) is 19.9 Å². The molecule has 4 aromatic rings. The molecular weight excluding hydrogens is 426 g/mol. The third kappa shape index (κ3) is 4.11. The van der Waals surface area contributed by atoms with Gasteiger partial charge in [-0.3, -0.25) is 4.84 Å². The minimum Gasteiger partial charge on any atom is -0.508 e. The van der Waals surface area contributed by atoms with Crippen LogP contribution in [-0.2, 0) is 11.3 Å². The van der Waals surface area contributed by atoms with Gasteiger partial charge in [0.25, 0.3) is 0 Å². The van der Waals surface area contributed by atoms with Crippen molar-refractivity contribution in [1.29, 1.82) is 0 Å². The second-order valence-electron chi connectivity index (χ2n) is 8.54. The second kappa shape index (κ2) is 8.60. The van der Waals surface area contributed by atoms with Crippen molar-refractivity contribution in [3.05, 3.63) is 42.6 Å². The van der Waals surface area contributed by atoms with Gasteiger partial charge in [-0.25, -0.2) is 15.0 Å². The number of aliphatic hydroxyl groups is 2. The number of nitrogens with zero attached hydrogens (tertiary/aromatic N) is 5. The van der Waals surface area contributed by atoms with Crippen molar-refractivity contribution >= 4 is 27.9 Å². The highest BCUT2D eigenvalue weighted by Gasteiger charge is 2.43. The average Bonchev–Trinajstić information content (AvgIpc) is 3.46. The fourth-order valence-corrected chi connectivity index (χ4v) is 4.66. The zero-order valence-electron chi connectivity index (χ0n) is 18.2. The summed E-state index contributed by atoms with van der Waals surface area (Å²) in [6.07, 6.45) is 2.54. The number of aliphatic hydroxyl groups excluding tert-OH is 2. The molecule has 1 fully saturated rings. The van der Waals surface area contributed by atoms with E-state index in [0.29, 0.717) is 37.5 Å². The lowest BCUT2D eigenvalue weighted by molar-refractivity contribution is -0.153. The minimum absolute atomic E-state index is 0.180. The van der Waals surface area contributed by atoms with Gasteiger partial charge in [0.15, 0.2) is 0 Å². The Morgan fingerprint density at radius 3 is 2.94 bits per heavy atom. The SMILES string of the molecule is CN(C[C@H]1C[C@@H](n2ccc3c(N)ncnc32)[C@H](O)[C@@H]1O)OCCc1nc2ccc(O)cc2[nH]1. The maximum absolute atomic E-state index is 10.7. The van der Waals surface area contributed by atoms with Gasteiger partial charge in [0.1, 0.15) is 35.5 Å². The Bertz CT molecular complexity index is 1270. The molecule has 5 rings (SSSR count). The first-order valence-electron chi connectivity index (χ1n) is 10.9. The van der Waals surface area contributed by atoms with Crippen LogP contribution < -0.4 is 5.73 Å². The summed E-state index contributed by atoms with van der Waals surface area (Å²) in [5.74, 6) is 1.16. The van der Waals surface area contributed by atoms with Gasteiger partial charge < -0.3 is 30.6 Å². The molecule has 174 valence electrons. The zero-order valence-corrected chi connectivity index (χ0v) is 18.2. The molecule has 3 heterocycles. The van der Waals surface area contributed by atoms with Gasteiger partial charge in [-0.2, -0.15) is 5.06 Å². The molecule has 6 N–H and O–H groups in total. The van der Waals surface area contributed by atoms with Crippen LogP contribution in [0.5, 0.6) is 5.75 Å². The molecule has 33 heavy (non-hydrogen) atoms. The number of benzene rings is 1. The predicted octanol–water partition coefficient (Wildman–Crippen LogP) is 0.984. The Balaban J connectivity index is 1.18. The first-order valence-corrected chi connectivity index (χ1v) is 10.9. The van der Waals surface area contributed by atoms with Crippen LogP contribution >= 0.6 is 0 Å². The highest BCUT2D eigenvalue weighted by Crippen LogP contribution is 2.38. The fourth-order valence-electron chi connectivity index (χ4n) is 4.66. The lowest BCUT2D eigenvalue weighted by Crippen LogP contribution is -2.34. The normalized spacial score (nSPS) is 23.3. The third-order valence-corrected chi connectivity index (χ3v) is 6.33. The molecule has 0 amide bonds. The van der Waals surface area contributed by atoms with Crippen LogP contribution in [-0.4, -0.2) is 77.3 Å². The van der Waals surface area contributed by atoms with Crippen LogP contribution in [0.15, 0.2) is 36.8 Å². The van der Waals surface area contributed by atoms with Crippen molar-refractivity contribution in [2.24, 2.45) is 5.92 Å². The average molecular weight is 454 g/mol. The number of aromatic nitrogens is 5. The Morgan fingerprint density at radius 1 is 1.24 bits per heavy atom. The van der Waals surface area contributed by atoms with Crippen molar-refractivity contribution < 1.29 is 20.2 Å². The van der Waals surface area contributed by atoms with Gasteiger partial charge in [0.2, 0.25) is 0 Å². The lowest BCUT2D eigenvalue weighted by Gasteiger charge is -2.22. The van der Waals surface area contributed by atoms with Gasteiger partial charge in [0.05, 0.1) is 35.2 Å². The fraction of sp³-hybridized carbons (Fsp3) is 0.409. The second-order valence-corrected chi connectivity index (χ2v) is 8.54. The minimum atomic E-state index is -0.929. The number of aromatic hydroxyl groups is 1. The number of anilines is 1. The number of nitrogens with one attached hydrogen (secondary N) is 1. The van der Waals surface area contributed by atoms with Crippen molar-refractivity contribution in [3.8, 4) is 5.75 Å². The van der Waals surface area contributed by atoms with Crippen molar-refractivity contribution in [1.82, 2.24) is 29.6 Å². The van der Waals surface area contributed by atoms with Crippen LogP contribution in [0, 0.1) is 5.92 Å². The summed E-state index contributed by atoms with van der Waals surface area (Å²) in [7, 11) is 1.81. The molecule has 11 nitrogen and oxygen atoms in total. The van der Waals surface area contributed by atoms with Gasteiger partial charge in [-0.05, 0) is 24.6 Å². The number of phenols is 1. The molecule has 1 aliphatic rings. The molecule has 1 saturated carbocycles. The van der Waals surface area contributed by atoms with Gasteiger partial charge in [-0.15, -0.1) is 0 Å². The van der Waals surface area contributed by atoms with Crippen LogP contribution in [0.1, 0.15) is 18.3 Å². The van der Waals surface area contributed by atoms with E-state index in [0.717, 1.165) is 22.2 Å². The molecule has 0 bridgehead atoms. The summed E-state index contributed by atoms with van der Waals surface area (Å²) < 4.78 is 1.86. The predicted molar refractivity (Wildman–Crippen MR) is 121 cm³/mol. The van der Waals surface area contributed by atoms with Gasteiger partial charge in [-0.1, -0.05) is 0 Å². The molecule has 0 unspecified atom stereocenters. The number of phenolic OH excluding ortho intramolecular Hbond substituents is 1. The summed E-state index contributed by atoms with van der Waals surface area (Å²) in [5, 5.41) is 33.4. The number of imidazole rings is 1. The third-order valence-electron chi connectivity index (χ3n) is 6.33. The summed E-state index contributed by atoms with van der Waals surface area (Å²) in [6.45, 7) is 0.856. The summed E-state index contributed by atoms with van der Waals surface area (Å²) >= 11 is 0. The van der Waals surface area contributed by atoms with E-state index in [1.54, 1.807) is 23.3 Å². The summed E-state index contributed by atoms with van der Waals surface area (Å²) in [5.41, 5.74) is 8.13.